The number of rotatable bonds is 5. The molecule has 1 rings (SSSR count). The third kappa shape index (κ3) is 2.80. The summed E-state index contributed by atoms with van der Waals surface area (Å²) in [4.78, 5) is 22.1. The summed E-state index contributed by atoms with van der Waals surface area (Å²) >= 11 is 0. The van der Waals surface area contributed by atoms with Gasteiger partial charge in [-0.2, -0.15) is 0 Å². The molecule has 0 spiro atoms. The predicted molar refractivity (Wildman–Crippen MR) is 58.9 cm³/mol. The van der Waals surface area contributed by atoms with Crippen molar-refractivity contribution >= 4 is 11.8 Å². The van der Waals surface area contributed by atoms with Crippen LogP contribution in [0.15, 0.2) is 18.2 Å². The number of aliphatic hydroxyl groups excluding tert-OH is 1. The van der Waals surface area contributed by atoms with E-state index in [2.05, 4.69) is 0 Å². The molecule has 0 aliphatic rings. The van der Waals surface area contributed by atoms with E-state index in [9.17, 15) is 9.59 Å². The lowest BCUT2D eigenvalue weighted by Gasteiger charge is -2.07. The Morgan fingerprint density at radius 1 is 1.19 bits per heavy atom. The third-order valence-electron chi connectivity index (χ3n) is 2.26. The summed E-state index contributed by atoms with van der Waals surface area (Å²) in [6.07, 6.45) is 0.985. The largest absolute Gasteiger partial charge is 0.396 e. The Balaban J connectivity index is 3.10. The second-order valence-corrected chi connectivity index (χ2v) is 3.43. The van der Waals surface area contributed by atoms with Gasteiger partial charge in [-0.3, -0.25) is 9.59 Å². The maximum atomic E-state index is 11.1. The highest BCUT2D eigenvalue weighted by Gasteiger charge is 2.10. The normalized spacial score (nSPS) is 10.1. The fraction of sp³-hybridized carbons (Fsp3) is 0.273. The number of hydrogen-bond acceptors (Lipinski definition) is 3. The molecular formula is C11H14N2O3. The van der Waals surface area contributed by atoms with Crippen LogP contribution in [-0.4, -0.2) is 23.5 Å². The number of carbonyl (C=O) groups excluding carboxylic acids is 2. The van der Waals surface area contributed by atoms with Crippen LogP contribution in [0.2, 0.25) is 0 Å². The summed E-state index contributed by atoms with van der Waals surface area (Å²) in [6, 6.07) is 4.48. The van der Waals surface area contributed by atoms with Gasteiger partial charge < -0.3 is 16.6 Å². The summed E-state index contributed by atoms with van der Waals surface area (Å²) in [5, 5.41) is 8.73. The summed E-state index contributed by atoms with van der Waals surface area (Å²) in [7, 11) is 0. The molecule has 0 heterocycles. The van der Waals surface area contributed by atoms with Crippen LogP contribution in [0.4, 0.5) is 0 Å². The molecule has 2 amide bonds. The minimum Gasteiger partial charge on any atom is -0.396 e. The molecule has 0 aliphatic carbocycles. The Kier molecular flexibility index (Phi) is 4.02. The van der Waals surface area contributed by atoms with E-state index in [1.165, 1.54) is 18.2 Å². The zero-order chi connectivity index (χ0) is 12.1. The smallest absolute Gasteiger partial charge is 0.248 e. The fourth-order valence-electron chi connectivity index (χ4n) is 1.46. The molecule has 0 unspecified atom stereocenters. The highest BCUT2D eigenvalue weighted by Crippen LogP contribution is 2.13. The Morgan fingerprint density at radius 2 is 1.88 bits per heavy atom. The summed E-state index contributed by atoms with van der Waals surface area (Å²) < 4.78 is 0. The standard InChI is InChI=1S/C11H14N2O3/c12-10(15)8-3-4-9(11(13)16)7(6-8)2-1-5-14/h3-4,6,14H,1-2,5H2,(H2,12,15)(H2,13,16). The maximum Gasteiger partial charge on any atom is 0.248 e. The van der Waals surface area contributed by atoms with Gasteiger partial charge in [0.1, 0.15) is 0 Å². The van der Waals surface area contributed by atoms with Gasteiger partial charge in [-0.05, 0) is 36.6 Å². The lowest BCUT2D eigenvalue weighted by Crippen LogP contribution is -2.17. The van der Waals surface area contributed by atoms with E-state index in [0.717, 1.165) is 0 Å². The van der Waals surface area contributed by atoms with Crippen LogP contribution < -0.4 is 11.5 Å². The van der Waals surface area contributed by atoms with Crippen molar-refractivity contribution < 1.29 is 14.7 Å². The molecule has 0 saturated carbocycles. The van der Waals surface area contributed by atoms with Gasteiger partial charge in [0, 0.05) is 17.7 Å². The van der Waals surface area contributed by atoms with Gasteiger partial charge in [0.25, 0.3) is 0 Å². The summed E-state index contributed by atoms with van der Waals surface area (Å²) in [6.45, 7) is 0.0129. The molecule has 1 aromatic rings. The molecule has 0 radical (unpaired) electrons. The number of nitrogens with two attached hydrogens (primary N) is 2. The Hall–Kier alpha value is -1.88. The highest BCUT2D eigenvalue weighted by molar-refractivity contribution is 5.97. The van der Waals surface area contributed by atoms with Crippen molar-refractivity contribution in [2.24, 2.45) is 11.5 Å². The quantitative estimate of drug-likeness (QED) is 0.642. The highest BCUT2D eigenvalue weighted by atomic mass is 16.3. The number of benzene rings is 1. The number of aryl methyl sites for hydroxylation is 1. The van der Waals surface area contributed by atoms with Crippen LogP contribution in [0.5, 0.6) is 0 Å². The number of aliphatic hydroxyl groups is 1. The van der Waals surface area contributed by atoms with Gasteiger partial charge in [0.15, 0.2) is 0 Å². The topological polar surface area (TPSA) is 106 Å². The summed E-state index contributed by atoms with van der Waals surface area (Å²) in [5.74, 6) is -1.11. The van der Waals surface area contributed by atoms with E-state index < -0.39 is 11.8 Å². The zero-order valence-corrected chi connectivity index (χ0v) is 8.77. The first kappa shape index (κ1) is 12.2. The summed E-state index contributed by atoms with van der Waals surface area (Å²) in [5.41, 5.74) is 11.7. The molecule has 16 heavy (non-hydrogen) atoms. The maximum absolute atomic E-state index is 11.1. The molecule has 0 atom stereocenters. The van der Waals surface area contributed by atoms with Crippen LogP contribution in [0.3, 0.4) is 0 Å². The Morgan fingerprint density at radius 3 is 2.38 bits per heavy atom. The lowest BCUT2D eigenvalue weighted by molar-refractivity contribution is 0.0987. The number of carbonyl (C=O) groups is 2. The SMILES string of the molecule is NC(=O)c1ccc(C(N)=O)c(CCCO)c1. The minimum absolute atomic E-state index is 0.0129. The molecule has 86 valence electrons. The number of hydrogen-bond donors (Lipinski definition) is 3. The van der Waals surface area contributed by atoms with E-state index in [1.807, 2.05) is 0 Å². The molecule has 5 nitrogen and oxygen atoms in total. The molecule has 1 aromatic carbocycles. The lowest BCUT2D eigenvalue weighted by atomic mass is 9.99. The minimum atomic E-state index is -0.554. The van der Waals surface area contributed by atoms with Gasteiger partial charge in [0.2, 0.25) is 11.8 Å². The van der Waals surface area contributed by atoms with Crippen molar-refractivity contribution in [1.82, 2.24) is 0 Å². The first-order valence-corrected chi connectivity index (χ1v) is 4.89. The average Bonchev–Trinajstić information content (AvgIpc) is 2.25. The van der Waals surface area contributed by atoms with Crippen molar-refractivity contribution in [2.75, 3.05) is 6.61 Å². The first-order chi connectivity index (χ1) is 7.56. The van der Waals surface area contributed by atoms with Gasteiger partial charge in [0.05, 0.1) is 0 Å². The van der Waals surface area contributed by atoms with Crippen molar-refractivity contribution in [1.29, 1.82) is 0 Å². The second-order valence-electron chi connectivity index (χ2n) is 3.43. The van der Waals surface area contributed by atoms with Crippen molar-refractivity contribution in [3.8, 4) is 0 Å². The van der Waals surface area contributed by atoms with Crippen molar-refractivity contribution in [2.45, 2.75) is 12.8 Å². The first-order valence-electron chi connectivity index (χ1n) is 4.89. The molecule has 0 bridgehead atoms. The number of primary amides is 2. The zero-order valence-electron chi connectivity index (χ0n) is 8.77. The number of amides is 2. The monoisotopic (exact) mass is 222 g/mol. The Labute approximate surface area is 93.1 Å². The van der Waals surface area contributed by atoms with Crippen LogP contribution in [0, 0.1) is 0 Å². The second kappa shape index (κ2) is 5.27. The fourth-order valence-corrected chi connectivity index (χ4v) is 1.46. The van der Waals surface area contributed by atoms with Crippen LogP contribution in [0.25, 0.3) is 0 Å². The van der Waals surface area contributed by atoms with E-state index in [4.69, 9.17) is 16.6 Å². The van der Waals surface area contributed by atoms with Gasteiger partial charge in [-0.25, -0.2) is 0 Å². The molecule has 0 aliphatic heterocycles. The molecule has 0 fully saturated rings. The van der Waals surface area contributed by atoms with Crippen LogP contribution in [0.1, 0.15) is 32.7 Å². The van der Waals surface area contributed by atoms with Gasteiger partial charge >= 0.3 is 0 Å². The van der Waals surface area contributed by atoms with E-state index >= 15 is 0 Å². The van der Waals surface area contributed by atoms with E-state index in [1.54, 1.807) is 0 Å². The van der Waals surface area contributed by atoms with E-state index in [0.29, 0.717) is 29.5 Å². The molecule has 0 aromatic heterocycles. The van der Waals surface area contributed by atoms with E-state index in [-0.39, 0.29) is 6.61 Å². The average molecular weight is 222 g/mol. The van der Waals surface area contributed by atoms with Gasteiger partial charge in [-0.15, -0.1) is 0 Å². The van der Waals surface area contributed by atoms with Crippen LogP contribution in [-0.2, 0) is 6.42 Å². The van der Waals surface area contributed by atoms with Crippen LogP contribution >= 0.6 is 0 Å². The Bertz CT molecular complexity index is 416. The van der Waals surface area contributed by atoms with Crippen molar-refractivity contribution in [3.63, 3.8) is 0 Å². The van der Waals surface area contributed by atoms with Gasteiger partial charge in [-0.1, -0.05) is 0 Å². The van der Waals surface area contributed by atoms with Crippen molar-refractivity contribution in [3.05, 3.63) is 34.9 Å². The molecule has 5 heteroatoms. The molecule has 0 saturated heterocycles. The molecular weight excluding hydrogens is 208 g/mol. The molecule has 5 N–H and O–H groups in total. The third-order valence-corrected chi connectivity index (χ3v) is 2.26. The predicted octanol–water partition coefficient (Wildman–Crippen LogP) is -0.191.